The predicted molar refractivity (Wildman–Crippen MR) is 126 cm³/mol. The fourth-order valence-electron chi connectivity index (χ4n) is 4.44. The molecule has 0 unspecified atom stereocenters. The van der Waals surface area contributed by atoms with Gasteiger partial charge in [0.15, 0.2) is 11.5 Å². The maximum Gasteiger partial charge on any atom is 0.244 e. The van der Waals surface area contributed by atoms with Crippen LogP contribution in [0.5, 0.6) is 11.5 Å². The van der Waals surface area contributed by atoms with E-state index in [0.29, 0.717) is 37.6 Å². The second kappa shape index (κ2) is 10.0. The van der Waals surface area contributed by atoms with Crippen molar-refractivity contribution in [3.63, 3.8) is 0 Å². The van der Waals surface area contributed by atoms with Crippen molar-refractivity contribution in [2.24, 2.45) is 11.8 Å². The molecule has 0 radical (unpaired) electrons. The Bertz CT molecular complexity index is 1200. The van der Waals surface area contributed by atoms with Crippen LogP contribution < -0.4 is 14.8 Å². The van der Waals surface area contributed by atoms with Crippen LogP contribution >= 0.6 is 0 Å². The number of piperidine rings is 1. The van der Waals surface area contributed by atoms with Gasteiger partial charge in [-0.15, -0.1) is 0 Å². The van der Waals surface area contributed by atoms with Crippen LogP contribution in [0.15, 0.2) is 47.4 Å². The molecule has 2 aromatic carbocycles. The number of carbonyl (C=O) groups excluding carboxylic acids is 1. The molecule has 1 fully saturated rings. The molecule has 180 valence electrons. The van der Waals surface area contributed by atoms with Crippen molar-refractivity contribution in [3.05, 3.63) is 53.6 Å². The lowest BCUT2D eigenvalue weighted by Crippen LogP contribution is -2.44. The van der Waals surface area contributed by atoms with Crippen LogP contribution in [0.3, 0.4) is 0 Å². The number of nitriles is 1. The molecule has 0 aliphatic carbocycles. The van der Waals surface area contributed by atoms with Gasteiger partial charge in [-0.05, 0) is 48.6 Å². The third-order valence-corrected chi connectivity index (χ3v) is 8.30. The molecule has 8 nitrogen and oxygen atoms in total. The number of sulfonamides is 1. The van der Waals surface area contributed by atoms with E-state index < -0.39 is 10.0 Å². The second-order valence-corrected chi connectivity index (χ2v) is 10.8. The van der Waals surface area contributed by atoms with E-state index in [2.05, 4.69) is 5.32 Å². The SMILES string of the molecule is CC(C)[C@H](NC(=O)C1CCN(S(=O)(=O)c2ccccc2C#N)CC1)c1ccc2c(c1)OCCO2. The molecule has 2 aromatic rings. The van der Waals surface area contributed by atoms with Crippen molar-refractivity contribution in [1.82, 2.24) is 9.62 Å². The smallest absolute Gasteiger partial charge is 0.244 e. The molecule has 0 aromatic heterocycles. The lowest BCUT2D eigenvalue weighted by molar-refractivity contribution is -0.127. The van der Waals surface area contributed by atoms with Gasteiger partial charge >= 0.3 is 0 Å². The molecule has 2 aliphatic heterocycles. The average molecular weight is 484 g/mol. The maximum atomic E-state index is 13.1. The molecule has 1 saturated heterocycles. The van der Waals surface area contributed by atoms with E-state index in [1.807, 2.05) is 38.1 Å². The summed E-state index contributed by atoms with van der Waals surface area (Å²) < 4.78 is 38.8. The van der Waals surface area contributed by atoms with Gasteiger partial charge in [0, 0.05) is 19.0 Å². The van der Waals surface area contributed by atoms with Crippen LogP contribution in [-0.4, -0.2) is 44.9 Å². The minimum Gasteiger partial charge on any atom is -0.486 e. The van der Waals surface area contributed by atoms with E-state index in [9.17, 15) is 18.5 Å². The highest BCUT2D eigenvalue weighted by Crippen LogP contribution is 2.35. The summed E-state index contributed by atoms with van der Waals surface area (Å²) in [6.07, 6.45) is 0.845. The molecule has 4 rings (SSSR count). The Balaban J connectivity index is 1.42. The van der Waals surface area contributed by atoms with Gasteiger partial charge < -0.3 is 14.8 Å². The molecule has 34 heavy (non-hydrogen) atoms. The number of amides is 1. The molecule has 1 N–H and O–H groups in total. The Morgan fingerprint density at radius 3 is 2.44 bits per heavy atom. The third kappa shape index (κ3) is 4.88. The van der Waals surface area contributed by atoms with Crippen LogP contribution in [0.25, 0.3) is 0 Å². The summed E-state index contributed by atoms with van der Waals surface area (Å²) in [4.78, 5) is 13.1. The number of nitrogens with one attached hydrogen (secondary N) is 1. The van der Waals surface area contributed by atoms with Crippen molar-refractivity contribution in [1.29, 1.82) is 5.26 Å². The highest BCUT2D eigenvalue weighted by molar-refractivity contribution is 7.89. The number of nitrogens with zero attached hydrogens (tertiary/aromatic N) is 2. The fourth-order valence-corrected chi connectivity index (χ4v) is 6.05. The molecule has 0 spiro atoms. The quantitative estimate of drug-likeness (QED) is 0.676. The molecule has 9 heteroatoms. The van der Waals surface area contributed by atoms with Gasteiger partial charge in [-0.2, -0.15) is 9.57 Å². The summed E-state index contributed by atoms with van der Waals surface area (Å²) in [7, 11) is -3.79. The van der Waals surface area contributed by atoms with Crippen molar-refractivity contribution >= 4 is 15.9 Å². The number of hydrogen-bond donors (Lipinski definition) is 1. The van der Waals surface area contributed by atoms with E-state index in [1.165, 1.54) is 16.4 Å². The molecule has 0 bridgehead atoms. The summed E-state index contributed by atoms with van der Waals surface area (Å²) in [6.45, 7) is 5.57. The maximum absolute atomic E-state index is 13.1. The standard InChI is InChI=1S/C25H29N3O5S/c1-17(2)24(19-7-8-21-22(15-19)33-14-13-32-21)27-25(29)18-9-11-28(12-10-18)34(30,31)23-6-4-3-5-20(23)16-26/h3-8,15,17-18,24H,9-14H2,1-2H3,(H,27,29)/t24-/m0/s1. The first-order valence-electron chi connectivity index (χ1n) is 11.5. The van der Waals surface area contributed by atoms with E-state index >= 15 is 0 Å². The van der Waals surface area contributed by atoms with Crippen LogP contribution in [0.4, 0.5) is 0 Å². The first kappa shape index (κ1) is 24.0. The van der Waals surface area contributed by atoms with Gasteiger partial charge in [-0.25, -0.2) is 8.42 Å². The van der Waals surface area contributed by atoms with Crippen molar-refractivity contribution in [2.45, 2.75) is 37.6 Å². The van der Waals surface area contributed by atoms with Crippen LogP contribution in [-0.2, 0) is 14.8 Å². The largest absolute Gasteiger partial charge is 0.486 e. The second-order valence-electron chi connectivity index (χ2n) is 8.92. The summed E-state index contributed by atoms with van der Waals surface area (Å²) in [5.41, 5.74) is 1.07. The van der Waals surface area contributed by atoms with E-state index in [0.717, 1.165) is 5.56 Å². The monoisotopic (exact) mass is 483 g/mol. The Morgan fingerprint density at radius 1 is 1.09 bits per heavy atom. The number of rotatable bonds is 6. The molecular formula is C25H29N3O5S. The van der Waals surface area contributed by atoms with E-state index in [-0.39, 0.29) is 47.3 Å². The number of hydrogen-bond acceptors (Lipinski definition) is 6. The zero-order valence-corrected chi connectivity index (χ0v) is 20.2. The molecular weight excluding hydrogens is 454 g/mol. The number of benzene rings is 2. The normalized spacial score (nSPS) is 17.7. The summed E-state index contributed by atoms with van der Waals surface area (Å²) >= 11 is 0. The third-order valence-electron chi connectivity index (χ3n) is 6.34. The van der Waals surface area contributed by atoms with Crippen molar-refractivity contribution in [2.75, 3.05) is 26.3 Å². The number of fused-ring (bicyclic) bond motifs is 1. The van der Waals surface area contributed by atoms with Gasteiger partial charge in [0.05, 0.1) is 16.5 Å². The molecule has 1 atom stereocenters. The van der Waals surface area contributed by atoms with Gasteiger partial charge in [0.1, 0.15) is 19.3 Å². The Hall–Kier alpha value is -3.09. The average Bonchev–Trinajstić information content (AvgIpc) is 2.86. The summed E-state index contributed by atoms with van der Waals surface area (Å²) in [6, 6.07) is 13.7. The highest BCUT2D eigenvalue weighted by Gasteiger charge is 2.34. The summed E-state index contributed by atoms with van der Waals surface area (Å²) in [5.74, 6) is 1.17. The molecule has 2 heterocycles. The first-order valence-corrected chi connectivity index (χ1v) is 12.9. The minimum absolute atomic E-state index is 0.0129. The van der Waals surface area contributed by atoms with Crippen LogP contribution in [0.2, 0.25) is 0 Å². The van der Waals surface area contributed by atoms with Gasteiger partial charge in [0.25, 0.3) is 0 Å². The van der Waals surface area contributed by atoms with Crippen LogP contribution in [0, 0.1) is 23.2 Å². The highest BCUT2D eigenvalue weighted by atomic mass is 32.2. The topological polar surface area (TPSA) is 109 Å². The van der Waals surface area contributed by atoms with Gasteiger partial charge in [0.2, 0.25) is 15.9 Å². The first-order chi connectivity index (χ1) is 16.3. The Labute approximate surface area is 200 Å². The predicted octanol–water partition coefficient (Wildman–Crippen LogP) is 3.24. The van der Waals surface area contributed by atoms with Gasteiger partial charge in [-0.1, -0.05) is 32.0 Å². The summed E-state index contributed by atoms with van der Waals surface area (Å²) in [5, 5.41) is 12.4. The van der Waals surface area contributed by atoms with Crippen molar-refractivity contribution in [3.8, 4) is 17.6 Å². The lowest BCUT2D eigenvalue weighted by Gasteiger charge is -2.32. The van der Waals surface area contributed by atoms with E-state index in [4.69, 9.17) is 9.47 Å². The van der Waals surface area contributed by atoms with Gasteiger partial charge in [-0.3, -0.25) is 4.79 Å². The number of ether oxygens (including phenoxy) is 2. The molecule has 1 amide bonds. The lowest BCUT2D eigenvalue weighted by atomic mass is 9.92. The Morgan fingerprint density at radius 2 is 1.76 bits per heavy atom. The fraction of sp³-hybridized carbons (Fsp3) is 0.440. The zero-order valence-electron chi connectivity index (χ0n) is 19.4. The molecule has 0 saturated carbocycles. The number of carbonyl (C=O) groups is 1. The zero-order chi connectivity index (χ0) is 24.3. The van der Waals surface area contributed by atoms with Crippen molar-refractivity contribution < 1.29 is 22.7 Å². The van der Waals surface area contributed by atoms with Crippen LogP contribution in [0.1, 0.15) is 43.9 Å². The minimum atomic E-state index is -3.79. The Kier molecular flexibility index (Phi) is 7.10. The van der Waals surface area contributed by atoms with E-state index in [1.54, 1.807) is 12.1 Å². The molecule has 2 aliphatic rings.